The second-order valence-corrected chi connectivity index (χ2v) is 30.8. The molecule has 12 bridgehead atoms. The number of unbranched alkanes of at least 4 members (excludes halogenated alkanes) is 1. The molecule has 31 unspecified atom stereocenters. The molecule has 23 aliphatic rings. The average Bonchev–Trinajstić information content (AvgIpc) is 1.68. The van der Waals surface area contributed by atoms with E-state index in [0.29, 0.717) is 69.2 Å². The minimum atomic E-state index is -2.20. The Balaban J connectivity index is 0.933. The molecule has 37 nitrogen and oxygen atoms in total. The lowest BCUT2D eigenvalue weighted by Gasteiger charge is -2.51. The molecule has 22 aliphatic heterocycles. The zero-order chi connectivity index (χ0) is 78.2. The third kappa shape index (κ3) is 20.5. The second kappa shape index (κ2) is 39.4. The molecule has 37 heteroatoms. The van der Waals surface area contributed by atoms with Gasteiger partial charge in [-0.15, -0.1) is 5.10 Å². The van der Waals surface area contributed by atoms with Crippen molar-refractivity contribution < 1.29 is 157 Å². The number of carbonyl (C=O) groups is 4. The summed E-state index contributed by atoms with van der Waals surface area (Å²) in [5.74, 6) is -3.17. The standard InChI is InChI=1S/C70H117N5O32/c1-10-36-58-48(84)53(89)66(96-36)105-61-40(24-77)101-70(57(93)52(61)88)107-63-42(26-79)99-68(55(91)50(63)86)103-59-38(97-67(54(90)49(59)85)106-62-41(25-78)100-69(56(92)51(62)87)104-60-39(23-76)98-65(102-58)32(9)47(60)83)22-75-34-17-12-11-13-18-37(45(34)73-74-75)95-27-43(81)71-19-15-14-16-33(20-28(2)3)64(94)72-44(29(4)5)35(80)21-31(8)46(82)30(6)7/h28-33,36-42,44,47-63,65-70,76-79,83-93H,10-27H2,1-9H3,(H,71,81)(H,72,94)/t31-,32?,33+,36?,37?,38?,39?,40?,41?,42?,44+,47?,48?,49?,50?,51?,52?,53?,54?,55?,56?,57?,58?,59?,60?,61?,62?,63?,65?,66?,67?,68?,69?,70?/m1/s1. The molecule has 23 heterocycles. The van der Waals surface area contributed by atoms with Crippen LogP contribution in [-0.4, -0.2) is 339 Å². The van der Waals surface area contributed by atoms with Gasteiger partial charge in [-0.2, -0.15) is 0 Å². The number of aromatic nitrogens is 3. The molecule has 34 atom stereocenters. The molecule has 0 saturated carbocycles. The topological polar surface area (TPSA) is 546 Å². The average molecular weight is 1540 g/mol. The van der Waals surface area contributed by atoms with Gasteiger partial charge in [-0.25, -0.2) is 4.68 Å². The van der Waals surface area contributed by atoms with Crippen molar-refractivity contribution in [3.63, 3.8) is 0 Å². The molecule has 0 radical (unpaired) electrons. The van der Waals surface area contributed by atoms with E-state index in [-0.39, 0.29) is 54.6 Å². The highest BCUT2D eigenvalue weighted by molar-refractivity contribution is 5.93. The molecule has 17 N–H and O–H groups in total. The van der Waals surface area contributed by atoms with E-state index in [1.54, 1.807) is 27.7 Å². The number of rotatable bonds is 25. The number of nitrogens with zero attached hydrogens (tertiary/aromatic N) is 3. The first-order chi connectivity index (χ1) is 50.9. The van der Waals surface area contributed by atoms with Crippen molar-refractivity contribution in [1.82, 2.24) is 25.6 Å². The Hall–Kier alpha value is -3.70. The van der Waals surface area contributed by atoms with E-state index < -0.39 is 254 Å². The van der Waals surface area contributed by atoms with E-state index in [4.69, 9.17) is 61.6 Å². The minimum absolute atomic E-state index is 0.0174. The Kier molecular flexibility index (Phi) is 32.1. The summed E-state index contributed by atoms with van der Waals surface area (Å²) in [4.78, 5) is 53.4. The van der Waals surface area contributed by atoms with Crippen LogP contribution >= 0.6 is 0 Å². The molecular formula is C70H117N5O32. The smallest absolute Gasteiger partial charge is 0.246 e. The number of amides is 2. The number of Topliss-reactive ketones (excluding diaryl/α,β-unsaturated/α-hetero) is 2. The first-order valence-corrected chi connectivity index (χ1v) is 37.8. The van der Waals surface area contributed by atoms with Crippen LogP contribution in [0.15, 0.2) is 0 Å². The van der Waals surface area contributed by atoms with E-state index in [1.807, 2.05) is 27.7 Å². The summed E-state index contributed by atoms with van der Waals surface area (Å²) in [6, 6.07) is -0.759. The number of ether oxygens (including phenoxy) is 13. The third-order valence-corrected chi connectivity index (χ3v) is 21.7. The van der Waals surface area contributed by atoms with Crippen LogP contribution in [0.5, 0.6) is 0 Å². The van der Waals surface area contributed by atoms with Crippen molar-refractivity contribution >= 4 is 23.4 Å². The summed E-state index contributed by atoms with van der Waals surface area (Å²) in [7, 11) is 0. The van der Waals surface area contributed by atoms with E-state index in [1.165, 1.54) is 11.6 Å². The van der Waals surface area contributed by atoms with E-state index >= 15 is 0 Å². The fourth-order valence-corrected chi connectivity index (χ4v) is 15.5. The maximum atomic E-state index is 13.8. The number of aliphatic hydroxyl groups excluding tert-OH is 15. The third-order valence-electron chi connectivity index (χ3n) is 21.7. The van der Waals surface area contributed by atoms with Crippen molar-refractivity contribution in [2.75, 3.05) is 39.6 Å². The zero-order valence-corrected chi connectivity index (χ0v) is 62.1. The fraction of sp³-hybridized carbons (Fsp3) is 0.914. The molecular weight excluding hydrogens is 1420 g/mol. The Morgan fingerprint density at radius 1 is 0.533 bits per heavy atom. The summed E-state index contributed by atoms with van der Waals surface area (Å²) in [5.41, 5.74) is 0.814. The van der Waals surface area contributed by atoms with Crippen LogP contribution in [0.1, 0.15) is 144 Å². The van der Waals surface area contributed by atoms with Crippen LogP contribution in [-0.2, 0) is 93.7 Å². The SMILES string of the molecule is CCC1OC2OC3C(CO)OC(OC4C(CO)OC(OC5C(Cn6nnc7c6CCCCCC7OCC(=O)NCCCC[C@@H](CC(C)C)C(=O)N[C@H](C(=O)C[C@@H](C)C(=O)C(C)C)C(C)C)OC(OC6C(CO)OC(OC7C(CO)OC(OC1C(O)C2O)C(C)C7O)C(O)C6O)C(O)C5O)C(O)C4O)C(O)C3O. The molecule has 24 rings (SSSR count). The summed E-state index contributed by atoms with van der Waals surface area (Å²) >= 11 is 0. The molecule has 1 aliphatic carbocycles. The van der Waals surface area contributed by atoms with Gasteiger partial charge in [-0.05, 0) is 56.8 Å². The lowest BCUT2D eigenvalue weighted by molar-refractivity contribution is -0.401. The lowest BCUT2D eigenvalue weighted by atomic mass is 9.87. The first-order valence-electron chi connectivity index (χ1n) is 37.8. The Morgan fingerprint density at radius 3 is 1.41 bits per heavy atom. The van der Waals surface area contributed by atoms with Crippen molar-refractivity contribution in [3.8, 4) is 0 Å². The first kappa shape index (κ1) is 87.3. The van der Waals surface area contributed by atoms with Crippen LogP contribution in [0.4, 0.5) is 0 Å². The van der Waals surface area contributed by atoms with Gasteiger partial charge in [0.2, 0.25) is 11.8 Å². The molecule has 1 aromatic rings. The van der Waals surface area contributed by atoms with Crippen molar-refractivity contribution in [3.05, 3.63) is 11.4 Å². The second-order valence-electron chi connectivity index (χ2n) is 30.8. The van der Waals surface area contributed by atoms with E-state index in [9.17, 15) is 95.8 Å². The molecule has 107 heavy (non-hydrogen) atoms. The summed E-state index contributed by atoms with van der Waals surface area (Å²) in [6.07, 6.45) is -49.4. The predicted octanol–water partition coefficient (Wildman–Crippen LogP) is -4.98. The Bertz CT molecular complexity index is 2950. The van der Waals surface area contributed by atoms with Gasteiger partial charge in [-0.1, -0.05) is 86.8 Å². The zero-order valence-electron chi connectivity index (χ0n) is 62.1. The minimum Gasteiger partial charge on any atom is -0.394 e. The van der Waals surface area contributed by atoms with Gasteiger partial charge in [0.1, 0.15) is 152 Å². The van der Waals surface area contributed by atoms with Crippen LogP contribution in [0.3, 0.4) is 0 Å². The number of ketones is 2. The number of aliphatic hydroxyl groups is 15. The Morgan fingerprint density at radius 2 is 0.963 bits per heavy atom. The molecule has 1 aromatic heterocycles. The number of fused-ring (bicyclic) bond motifs is 1. The maximum absolute atomic E-state index is 13.8. The van der Waals surface area contributed by atoms with E-state index in [2.05, 4.69) is 20.9 Å². The number of carbonyl (C=O) groups excluding carboxylic acids is 4. The largest absolute Gasteiger partial charge is 0.394 e. The molecule has 22 saturated heterocycles. The molecule has 0 spiro atoms. The highest BCUT2D eigenvalue weighted by atomic mass is 16.8. The van der Waals surface area contributed by atoms with Gasteiger partial charge >= 0.3 is 0 Å². The van der Waals surface area contributed by atoms with Gasteiger partial charge in [0.25, 0.3) is 0 Å². The normalized spacial score (nSPS) is 41.2. The lowest BCUT2D eigenvalue weighted by Crippen LogP contribution is -2.68. The summed E-state index contributed by atoms with van der Waals surface area (Å²) < 4.78 is 80.7. The van der Waals surface area contributed by atoms with Crippen LogP contribution in [0.2, 0.25) is 0 Å². The highest BCUT2D eigenvalue weighted by Gasteiger charge is 2.59. The van der Waals surface area contributed by atoms with Gasteiger partial charge in [-0.3, -0.25) is 19.2 Å². The van der Waals surface area contributed by atoms with Crippen molar-refractivity contribution in [1.29, 1.82) is 0 Å². The van der Waals surface area contributed by atoms with Crippen molar-refractivity contribution in [2.24, 2.45) is 35.5 Å². The van der Waals surface area contributed by atoms with Crippen molar-refractivity contribution in [2.45, 2.75) is 330 Å². The van der Waals surface area contributed by atoms with Gasteiger partial charge in [0, 0.05) is 36.6 Å². The Labute approximate surface area is 620 Å². The van der Waals surface area contributed by atoms with Crippen LogP contribution < -0.4 is 10.6 Å². The molecule has 0 aromatic carbocycles. The van der Waals surface area contributed by atoms with Crippen LogP contribution in [0.25, 0.3) is 0 Å². The monoisotopic (exact) mass is 1540 g/mol. The maximum Gasteiger partial charge on any atom is 0.246 e. The van der Waals surface area contributed by atoms with Crippen LogP contribution in [0, 0.1) is 35.5 Å². The number of hydrogen-bond acceptors (Lipinski definition) is 34. The van der Waals surface area contributed by atoms with E-state index in [0.717, 1.165) is 0 Å². The molecule has 2 amide bonds. The van der Waals surface area contributed by atoms with Gasteiger partial charge in [0.05, 0.1) is 56.9 Å². The highest BCUT2D eigenvalue weighted by Crippen LogP contribution is 2.41. The molecule has 614 valence electrons. The van der Waals surface area contributed by atoms with Gasteiger partial charge < -0.3 is 149 Å². The summed E-state index contributed by atoms with van der Waals surface area (Å²) in [6.45, 7) is 11.7. The quantitative estimate of drug-likeness (QED) is 0.0408. The fourth-order valence-electron chi connectivity index (χ4n) is 15.5. The predicted molar refractivity (Wildman–Crippen MR) is 361 cm³/mol. The number of nitrogens with one attached hydrogen (secondary N) is 2. The number of hydrogen-bond donors (Lipinski definition) is 17. The molecule has 22 fully saturated rings. The van der Waals surface area contributed by atoms with Gasteiger partial charge in [0.15, 0.2) is 43.5 Å². The summed E-state index contributed by atoms with van der Waals surface area (Å²) in [5, 5.41) is 188.